The second-order valence-electron chi connectivity index (χ2n) is 4.09. The third-order valence-electron chi connectivity index (χ3n) is 2.51. The largest absolute Gasteiger partial charge is 0.480 e. The van der Waals surface area contributed by atoms with Crippen molar-refractivity contribution in [1.82, 2.24) is 5.32 Å². The average Bonchev–Trinajstić information content (AvgIpc) is 2.43. The maximum Gasteiger partial charge on any atom is 0.329 e. The van der Waals surface area contributed by atoms with Crippen molar-refractivity contribution in [2.75, 3.05) is 13.7 Å². The fourth-order valence-corrected chi connectivity index (χ4v) is 1.53. The molecule has 0 aliphatic rings. The van der Waals surface area contributed by atoms with E-state index in [1.54, 1.807) is 18.2 Å². The van der Waals surface area contributed by atoms with Crippen LogP contribution in [0.25, 0.3) is 6.08 Å². The zero-order valence-corrected chi connectivity index (χ0v) is 11.0. The quantitative estimate of drug-likeness (QED) is 0.623. The second-order valence-corrected chi connectivity index (χ2v) is 4.09. The minimum absolute atomic E-state index is 0.181. The highest BCUT2D eigenvalue weighted by molar-refractivity contribution is 5.94. The highest BCUT2D eigenvalue weighted by Crippen LogP contribution is 2.01. The van der Waals surface area contributed by atoms with E-state index >= 15 is 0 Å². The lowest BCUT2D eigenvalue weighted by Crippen LogP contribution is -2.49. The van der Waals surface area contributed by atoms with E-state index in [9.17, 15) is 14.7 Å². The molecule has 0 heterocycles. The molecule has 1 aromatic carbocycles. The molecule has 0 saturated carbocycles. The molecule has 0 spiro atoms. The van der Waals surface area contributed by atoms with Crippen LogP contribution in [0, 0.1) is 0 Å². The first kappa shape index (κ1) is 15.9. The molecule has 3 N–H and O–H groups in total. The van der Waals surface area contributed by atoms with Crippen molar-refractivity contribution in [3.8, 4) is 0 Å². The molecule has 6 heteroatoms. The van der Waals surface area contributed by atoms with Gasteiger partial charge in [0.1, 0.15) is 6.10 Å². The summed E-state index contributed by atoms with van der Waals surface area (Å²) in [7, 11) is 1.33. The Bertz CT molecular complexity index is 472. The number of aliphatic hydroxyl groups excluding tert-OH is 1. The molecule has 0 aromatic heterocycles. The first-order valence-corrected chi connectivity index (χ1v) is 5.98. The minimum Gasteiger partial charge on any atom is -0.480 e. The maximum atomic E-state index is 11.6. The van der Waals surface area contributed by atoms with Crippen molar-refractivity contribution in [2.24, 2.45) is 0 Å². The SMILES string of the molecule is COCC(O)[C@H](NC(=O)/C=C/c1ccccc1)C(=O)O. The van der Waals surface area contributed by atoms with Crippen LogP contribution in [0.1, 0.15) is 5.56 Å². The molecule has 0 bridgehead atoms. The lowest BCUT2D eigenvalue weighted by molar-refractivity contribution is -0.145. The number of carboxylic acid groups (broad SMARTS) is 1. The van der Waals surface area contributed by atoms with E-state index in [-0.39, 0.29) is 6.61 Å². The summed E-state index contributed by atoms with van der Waals surface area (Å²) in [5.41, 5.74) is 0.812. The number of rotatable bonds is 7. The molecule has 2 atom stereocenters. The summed E-state index contributed by atoms with van der Waals surface area (Å²) in [5, 5.41) is 20.7. The van der Waals surface area contributed by atoms with Gasteiger partial charge in [-0.2, -0.15) is 0 Å². The van der Waals surface area contributed by atoms with Crippen LogP contribution in [0.2, 0.25) is 0 Å². The Morgan fingerprint density at radius 2 is 2.00 bits per heavy atom. The van der Waals surface area contributed by atoms with Crippen LogP contribution in [0.4, 0.5) is 0 Å². The van der Waals surface area contributed by atoms with E-state index in [0.717, 1.165) is 5.56 Å². The van der Waals surface area contributed by atoms with Crippen molar-refractivity contribution in [3.63, 3.8) is 0 Å². The van der Waals surface area contributed by atoms with E-state index in [2.05, 4.69) is 10.1 Å². The van der Waals surface area contributed by atoms with Crippen LogP contribution in [-0.4, -0.2) is 48.0 Å². The molecule has 0 saturated heterocycles. The Balaban J connectivity index is 2.63. The van der Waals surface area contributed by atoms with Crippen molar-refractivity contribution in [2.45, 2.75) is 12.1 Å². The number of methoxy groups -OCH3 is 1. The third-order valence-corrected chi connectivity index (χ3v) is 2.51. The number of hydrogen-bond donors (Lipinski definition) is 3. The normalized spacial score (nSPS) is 13.9. The zero-order valence-electron chi connectivity index (χ0n) is 11.0. The number of benzene rings is 1. The molecule has 1 rings (SSSR count). The summed E-state index contributed by atoms with van der Waals surface area (Å²) >= 11 is 0. The van der Waals surface area contributed by atoms with Gasteiger partial charge in [-0.3, -0.25) is 4.79 Å². The number of ether oxygens (including phenoxy) is 1. The number of nitrogens with one attached hydrogen (secondary N) is 1. The summed E-state index contributed by atoms with van der Waals surface area (Å²) < 4.78 is 4.66. The summed E-state index contributed by atoms with van der Waals surface area (Å²) in [6, 6.07) is 7.68. The average molecular weight is 279 g/mol. The molecule has 108 valence electrons. The number of amides is 1. The summed E-state index contributed by atoms with van der Waals surface area (Å²) in [5.74, 6) is -1.92. The van der Waals surface area contributed by atoms with Gasteiger partial charge >= 0.3 is 5.97 Å². The van der Waals surface area contributed by atoms with Gasteiger partial charge < -0.3 is 20.3 Å². The van der Waals surface area contributed by atoms with Gasteiger partial charge in [0, 0.05) is 13.2 Å². The number of carbonyl (C=O) groups excluding carboxylic acids is 1. The fraction of sp³-hybridized carbons (Fsp3) is 0.286. The molecule has 20 heavy (non-hydrogen) atoms. The van der Waals surface area contributed by atoms with Crippen LogP contribution in [0.15, 0.2) is 36.4 Å². The minimum atomic E-state index is -1.41. The highest BCUT2D eigenvalue weighted by Gasteiger charge is 2.27. The standard InChI is InChI=1S/C14H17NO5/c1-20-9-11(16)13(14(18)19)15-12(17)8-7-10-5-3-2-4-6-10/h2-8,11,13,16H,9H2,1H3,(H,15,17)(H,18,19)/b8-7+/t11?,13-/m0/s1. The van der Waals surface area contributed by atoms with Crippen LogP contribution < -0.4 is 5.32 Å². The summed E-state index contributed by atoms with van der Waals surface area (Å²) in [4.78, 5) is 22.6. The molecule has 0 fully saturated rings. The van der Waals surface area contributed by atoms with Crippen LogP contribution >= 0.6 is 0 Å². The van der Waals surface area contributed by atoms with E-state index < -0.39 is 24.0 Å². The van der Waals surface area contributed by atoms with E-state index in [1.807, 2.05) is 18.2 Å². The van der Waals surface area contributed by atoms with Gasteiger partial charge in [0.05, 0.1) is 6.61 Å². The first-order chi connectivity index (χ1) is 9.54. The predicted molar refractivity (Wildman–Crippen MR) is 72.9 cm³/mol. The smallest absolute Gasteiger partial charge is 0.329 e. The highest BCUT2D eigenvalue weighted by atomic mass is 16.5. The van der Waals surface area contributed by atoms with Crippen LogP contribution in [0.5, 0.6) is 0 Å². The van der Waals surface area contributed by atoms with Crippen LogP contribution in [-0.2, 0) is 14.3 Å². The first-order valence-electron chi connectivity index (χ1n) is 5.98. The summed E-state index contributed by atoms with van der Waals surface area (Å²) in [6.45, 7) is -0.181. The van der Waals surface area contributed by atoms with Crippen molar-refractivity contribution in [1.29, 1.82) is 0 Å². The van der Waals surface area contributed by atoms with Crippen molar-refractivity contribution >= 4 is 18.0 Å². The molecule has 1 aromatic rings. The van der Waals surface area contributed by atoms with Crippen molar-refractivity contribution in [3.05, 3.63) is 42.0 Å². The number of aliphatic hydroxyl groups is 1. The number of carbonyl (C=O) groups is 2. The molecule has 0 radical (unpaired) electrons. The predicted octanol–water partition coefficient (Wildman–Crippen LogP) is 0.276. The topological polar surface area (TPSA) is 95.9 Å². The Kier molecular flexibility index (Phi) is 6.42. The fourth-order valence-electron chi connectivity index (χ4n) is 1.53. The van der Waals surface area contributed by atoms with Gasteiger partial charge in [0.15, 0.2) is 6.04 Å². The molecule has 1 unspecified atom stereocenters. The van der Waals surface area contributed by atoms with E-state index in [0.29, 0.717) is 0 Å². The summed E-state index contributed by atoms with van der Waals surface area (Å²) in [6.07, 6.45) is 1.45. The monoisotopic (exact) mass is 279 g/mol. The second kappa shape index (κ2) is 8.08. The third kappa shape index (κ3) is 5.21. The van der Waals surface area contributed by atoms with Gasteiger partial charge in [0.25, 0.3) is 0 Å². The zero-order chi connectivity index (χ0) is 15.0. The molecule has 1 amide bonds. The van der Waals surface area contributed by atoms with Gasteiger partial charge in [-0.15, -0.1) is 0 Å². The molecule has 0 aliphatic heterocycles. The Hall–Kier alpha value is -2.18. The lowest BCUT2D eigenvalue weighted by Gasteiger charge is -2.18. The maximum absolute atomic E-state index is 11.6. The Labute approximate surface area is 116 Å². The molecule has 6 nitrogen and oxygen atoms in total. The van der Waals surface area contributed by atoms with Gasteiger partial charge in [-0.05, 0) is 11.6 Å². The Morgan fingerprint density at radius 3 is 2.55 bits per heavy atom. The van der Waals surface area contributed by atoms with Crippen LogP contribution in [0.3, 0.4) is 0 Å². The molecule has 0 aliphatic carbocycles. The van der Waals surface area contributed by atoms with Gasteiger partial charge in [-0.25, -0.2) is 4.79 Å². The van der Waals surface area contributed by atoms with Gasteiger partial charge in [0.2, 0.25) is 5.91 Å². The molecular formula is C14H17NO5. The number of carboxylic acids is 1. The van der Waals surface area contributed by atoms with Gasteiger partial charge in [-0.1, -0.05) is 30.3 Å². The lowest BCUT2D eigenvalue weighted by atomic mass is 10.1. The Morgan fingerprint density at radius 1 is 1.35 bits per heavy atom. The van der Waals surface area contributed by atoms with E-state index in [1.165, 1.54) is 13.2 Å². The van der Waals surface area contributed by atoms with E-state index in [4.69, 9.17) is 5.11 Å². The number of hydrogen-bond acceptors (Lipinski definition) is 4. The molecular weight excluding hydrogens is 262 g/mol. The number of aliphatic carboxylic acids is 1. The van der Waals surface area contributed by atoms with Crippen molar-refractivity contribution < 1.29 is 24.5 Å².